The molecule has 7 heteroatoms. The molecule has 0 fully saturated rings. The molecule has 1 aromatic carbocycles. The lowest BCUT2D eigenvalue weighted by molar-refractivity contribution is -0.0836. The lowest BCUT2D eigenvalue weighted by atomic mass is 10.0. The fraction of sp³-hybridized carbons (Fsp3) is 0.417. The minimum Gasteiger partial charge on any atom is -0.465 e. The molecule has 0 saturated heterocycles. The zero-order valence-corrected chi connectivity index (χ0v) is 11.3. The van der Waals surface area contributed by atoms with Crippen LogP contribution in [0.3, 0.4) is 0 Å². The monoisotopic (exact) mass is 291 g/mol. The van der Waals surface area contributed by atoms with Crippen LogP contribution >= 0.6 is 11.6 Å². The molecule has 0 aromatic heterocycles. The van der Waals surface area contributed by atoms with Gasteiger partial charge < -0.3 is 19.9 Å². The summed E-state index contributed by atoms with van der Waals surface area (Å²) in [7, 11) is 1.41. The van der Waals surface area contributed by atoms with Crippen LogP contribution in [0.4, 0.5) is 9.18 Å². The van der Waals surface area contributed by atoms with Crippen molar-refractivity contribution in [2.45, 2.75) is 19.1 Å². The second-order valence-corrected chi connectivity index (χ2v) is 4.27. The maximum absolute atomic E-state index is 13.8. The first-order chi connectivity index (χ1) is 8.97. The Labute approximate surface area is 115 Å². The summed E-state index contributed by atoms with van der Waals surface area (Å²) in [4.78, 5) is 10.7. The average Bonchev–Trinajstić information content (AvgIpc) is 2.31. The van der Waals surface area contributed by atoms with E-state index in [4.69, 9.17) is 26.2 Å². The van der Waals surface area contributed by atoms with Gasteiger partial charge in [-0.15, -0.1) is 0 Å². The molecule has 2 atom stereocenters. The molecule has 19 heavy (non-hydrogen) atoms. The Morgan fingerprint density at radius 3 is 2.79 bits per heavy atom. The summed E-state index contributed by atoms with van der Waals surface area (Å²) in [6, 6.07) is 3.51. The second-order valence-electron chi connectivity index (χ2n) is 3.87. The molecule has 0 bridgehead atoms. The lowest BCUT2D eigenvalue weighted by Crippen LogP contribution is -2.37. The van der Waals surface area contributed by atoms with Gasteiger partial charge in [-0.2, -0.15) is 0 Å². The van der Waals surface area contributed by atoms with Crippen molar-refractivity contribution in [2.24, 2.45) is 0 Å². The molecule has 0 saturated carbocycles. The summed E-state index contributed by atoms with van der Waals surface area (Å²) in [5.74, 6) is -0.562. The van der Waals surface area contributed by atoms with Crippen LogP contribution in [0.25, 0.3) is 0 Å². The summed E-state index contributed by atoms with van der Waals surface area (Å²) >= 11 is 5.95. The summed E-state index contributed by atoms with van der Waals surface area (Å²) in [5, 5.41) is 11.1. The first kappa shape index (κ1) is 15.7. The van der Waals surface area contributed by atoms with Crippen molar-refractivity contribution in [3.8, 4) is 0 Å². The minimum atomic E-state index is -1.23. The van der Waals surface area contributed by atoms with Crippen molar-refractivity contribution < 1.29 is 23.8 Å². The van der Waals surface area contributed by atoms with Gasteiger partial charge in [-0.25, -0.2) is 9.18 Å². The number of carbonyl (C=O) groups is 1. The van der Waals surface area contributed by atoms with Crippen molar-refractivity contribution in [3.05, 3.63) is 34.6 Å². The lowest BCUT2D eigenvalue weighted by Gasteiger charge is -2.25. The first-order valence-electron chi connectivity index (χ1n) is 5.51. The molecular weight excluding hydrogens is 277 g/mol. The van der Waals surface area contributed by atoms with Crippen LogP contribution in [0, 0.1) is 5.82 Å². The van der Waals surface area contributed by atoms with Crippen molar-refractivity contribution in [1.82, 2.24) is 5.32 Å². The molecule has 106 valence electrons. The van der Waals surface area contributed by atoms with E-state index >= 15 is 0 Å². The summed E-state index contributed by atoms with van der Waals surface area (Å²) in [6.45, 7) is 1.44. The van der Waals surface area contributed by atoms with Gasteiger partial charge >= 0.3 is 6.09 Å². The molecule has 0 aliphatic rings. The second kappa shape index (κ2) is 7.28. The minimum absolute atomic E-state index is 0.0995. The van der Waals surface area contributed by atoms with Gasteiger partial charge in [0.05, 0.1) is 6.04 Å². The zero-order chi connectivity index (χ0) is 14.4. The van der Waals surface area contributed by atoms with E-state index in [9.17, 15) is 9.18 Å². The molecule has 0 aliphatic carbocycles. The average molecular weight is 292 g/mol. The van der Waals surface area contributed by atoms with Crippen molar-refractivity contribution in [3.63, 3.8) is 0 Å². The van der Waals surface area contributed by atoms with E-state index in [0.717, 1.165) is 0 Å². The number of hydrogen-bond donors (Lipinski definition) is 2. The number of rotatable bonds is 6. The molecule has 1 rings (SSSR count). The Balaban J connectivity index is 3.04. The van der Waals surface area contributed by atoms with Gasteiger partial charge in [0.15, 0.2) is 0 Å². The van der Waals surface area contributed by atoms with Crippen LogP contribution in [-0.2, 0) is 9.47 Å². The highest BCUT2D eigenvalue weighted by Gasteiger charge is 2.26. The first-order valence-corrected chi connectivity index (χ1v) is 5.89. The largest absolute Gasteiger partial charge is 0.465 e. The molecule has 5 nitrogen and oxygen atoms in total. The molecule has 0 spiro atoms. The zero-order valence-electron chi connectivity index (χ0n) is 10.5. The highest BCUT2D eigenvalue weighted by Crippen LogP contribution is 2.30. The third-order valence-corrected chi connectivity index (χ3v) is 2.78. The number of carboxylic acid groups (broad SMARTS) is 1. The molecule has 0 aliphatic heterocycles. The molecule has 2 N–H and O–H groups in total. The quantitative estimate of drug-likeness (QED) is 0.791. The Morgan fingerprint density at radius 1 is 1.58 bits per heavy atom. The maximum Gasteiger partial charge on any atom is 0.404 e. The van der Waals surface area contributed by atoms with Crippen LogP contribution in [0.2, 0.25) is 5.02 Å². The Hall–Kier alpha value is -1.37. The molecule has 1 aromatic rings. The maximum atomic E-state index is 13.8. The third kappa shape index (κ3) is 4.34. The topological polar surface area (TPSA) is 67.8 Å². The highest BCUT2D eigenvalue weighted by molar-refractivity contribution is 6.31. The van der Waals surface area contributed by atoms with Crippen LogP contribution in [0.5, 0.6) is 0 Å². The van der Waals surface area contributed by atoms with E-state index in [1.807, 2.05) is 0 Å². The smallest absolute Gasteiger partial charge is 0.404 e. The van der Waals surface area contributed by atoms with Gasteiger partial charge in [0.25, 0.3) is 0 Å². The number of nitrogens with one attached hydrogen (secondary N) is 1. The SMILES string of the molecule is COCOC(c1c(F)cccc1Cl)C(C)NC(=O)O. The molecule has 2 unspecified atom stereocenters. The van der Waals surface area contributed by atoms with Crippen LogP contribution < -0.4 is 5.32 Å². The van der Waals surface area contributed by atoms with E-state index < -0.39 is 24.1 Å². The number of halogens is 2. The van der Waals surface area contributed by atoms with E-state index in [1.54, 1.807) is 6.92 Å². The number of benzene rings is 1. The number of ether oxygens (including phenoxy) is 2. The Kier molecular flexibility index (Phi) is 6.01. The number of methoxy groups -OCH3 is 1. The molecule has 1 amide bonds. The molecule has 0 heterocycles. The highest BCUT2D eigenvalue weighted by atomic mass is 35.5. The van der Waals surface area contributed by atoms with Crippen molar-refractivity contribution in [2.75, 3.05) is 13.9 Å². The number of hydrogen-bond acceptors (Lipinski definition) is 3. The predicted octanol–water partition coefficient (Wildman–Crippen LogP) is 2.80. The Bertz CT molecular complexity index is 423. The van der Waals surface area contributed by atoms with Crippen LogP contribution in [0.15, 0.2) is 18.2 Å². The Morgan fingerprint density at radius 2 is 2.26 bits per heavy atom. The number of amides is 1. The molecular formula is C12H15ClFNO4. The predicted molar refractivity (Wildman–Crippen MR) is 67.7 cm³/mol. The molecule has 0 radical (unpaired) electrons. The van der Waals surface area contributed by atoms with Gasteiger partial charge in [-0.3, -0.25) is 0 Å². The van der Waals surface area contributed by atoms with Crippen molar-refractivity contribution in [1.29, 1.82) is 0 Å². The summed E-state index contributed by atoms with van der Waals surface area (Å²) in [6.07, 6.45) is -2.12. The van der Waals surface area contributed by atoms with Gasteiger partial charge in [0.1, 0.15) is 18.7 Å². The standard InChI is InChI=1S/C12H15ClFNO4/c1-7(15-12(16)17)11(19-6-18-2)10-8(13)4-3-5-9(10)14/h3-5,7,11,15H,6H2,1-2H3,(H,16,17). The van der Waals surface area contributed by atoms with E-state index in [-0.39, 0.29) is 17.4 Å². The fourth-order valence-corrected chi connectivity index (χ4v) is 1.94. The van der Waals surface area contributed by atoms with E-state index in [0.29, 0.717) is 0 Å². The fourth-order valence-electron chi connectivity index (χ4n) is 1.67. The normalized spacial score (nSPS) is 13.9. The van der Waals surface area contributed by atoms with Gasteiger partial charge in [0, 0.05) is 17.7 Å². The van der Waals surface area contributed by atoms with Crippen LogP contribution in [0.1, 0.15) is 18.6 Å². The van der Waals surface area contributed by atoms with E-state index in [2.05, 4.69) is 5.32 Å². The van der Waals surface area contributed by atoms with Gasteiger partial charge in [0.2, 0.25) is 0 Å². The van der Waals surface area contributed by atoms with Crippen molar-refractivity contribution >= 4 is 17.7 Å². The third-order valence-electron chi connectivity index (χ3n) is 2.45. The van der Waals surface area contributed by atoms with E-state index in [1.165, 1.54) is 25.3 Å². The van der Waals surface area contributed by atoms with Gasteiger partial charge in [-0.05, 0) is 19.1 Å². The van der Waals surface area contributed by atoms with Crippen LogP contribution in [-0.4, -0.2) is 31.1 Å². The van der Waals surface area contributed by atoms with Gasteiger partial charge in [-0.1, -0.05) is 17.7 Å². The summed E-state index contributed by atoms with van der Waals surface area (Å²) < 4.78 is 23.9. The summed E-state index contributed by atoms with van der Waals surface area (Å²) in [5.41, 5.74) is 0.0995.